The Morgan fingerprint density at radius 3 is 2.61 bits per heavy atom. The molecule has 33 heavy (non-hydrogen) atoms. The van der Waals surface area contributed by atoms with Crippen molar-refractivity contribution in [3.8, 4) is 0 Å². The van der Waals surface area contributed by atoms with Crippen molar-refractivity contribution in [1.29, 1.82) is 0 Å². The zero-order chi connectivity index (χ0) is 23.3. The van der Waals surface area contributed by atoms with Crippen molar-refractivity contribution < 1.29 is 23.9 Å². The minimum Gasteiger partial charge on any atom is -0.457 e. The summed E-state index contributed by atoms with van der Waals surface area (Å²) in [7, 11) is 2.02. The van der Waals surface area contributed by atoms with Crippen LogP contribution in [0.25, 0.3) is 0 Å². The zero-order valence-corrected chi connectivity index (χ0v) is 19.2. The average molecular weight is 454 g/mol. The highest BCUT2D eigenvalue weighted by Gasteiger charge is 2.49. The Balaban J connectivity index is 1.42. The molecule has 3 unspecified atom stereocenters. The number of aromatic nitrogens is 2. The van der Waals surface area contributed by atoms with Crippen LogP contribution in [0.3, 0.4) is 0 Å². The molecule has 3 atom stereocenters. The molecule has 1 aliphatic carbocycles. The second kappa shape index (κ2) is 9.97. The van der Waals surface area contributed by atoms with Gasteiger partial charge in [-0.05, 0) is 24.5 Å². The maximum Gasteiger partial charge on any atom is 0.343 e. The van der Waals surface area contributed by atoms with Crippen LogP contribution >= 0.6 is 0 Å². The third-order valence-electron chi connectivity index (χ3n) is 7.32. The first-order valence-corrected chi connectivity index (χ1v) is 11.8. The van der Waals surface area contributed by atoms with Gasteiger partial charge in [0.1, 0.15) is 24.8 Å². The lowest BCUT2D eigenvalue weighted by atomic mass is 9.80. The highest BCUT2D eigenvalue weighted by Crippen LogP contribution is 2.41. The molecular formula is C25H33N4O4+. The summed E-state index contributed by atoms with van der Waals surface area (Å²) in [6, 6.07) is 10.8. The van der Waals surface area contributed by atoms with Crippen LogP contribution in [0.4, 0.5) is 5.82 Å². The van der Waals surface area contributed by atoms with E-state index in [1.165, 1.54) is 6.33 Å². The fraction of sp³-hybridized carbons (Fsp3) is 0.520. The number of nitrogens with one attached hydrogen (secondary N) is 1. The Bertz CT molecular complexity index is 951. The number of amides is 1. The van der Waals surface area contributed by atoms with Gasteiger partial charge in [0.15, 0.2) is 12.1 Å². The van der Waals surface area contributed by atoms with Crippen molar-refractivity contribution in [2.75, 3.05) is 32.1 Å². The van der Waals surface area contributed by atoms with Gasteiger partial charge in [-0.1, -0.05) is 43.2 Å². The van der Waals surface area contributed by atoms with Crippen molar-refractivity contribution in [3.63, 3.8) is 0 Å². The van der Waals surface area contributed by atoms with E-state index >= 15 is 0 Å². The number of nitrogens with zero attached hydrogens (tertiary/aromatic N) is 3. The van der Waals surface area contributed by atoms with E-state index in [9.17, 15) is 14.7 Å². The van der Waals surface area contributed by atoms with E-state index in [0.29, 0.717) is 15.9 Å². The summed E-state index contributed by atoms with van der Waals surface area (Å²) in [6.45, 7) is 1.26. The summed E-state index contributed by atoms with van der Waals surface area (Å²) in [5.74, 6) is -0.394. The van der Waals surface area contributed by atoms with Gasteiger partial charge in [-0.3, -0.25) is 4.79 Å². The van der Waals surface area contributed by atoms with E-state index < -0.39 is 11.6 Å². The minimum atomic E-state index is -1.63. The lowest BCUT2D eigenvalue weighted by molar-refractivity contribution is -0.913. The van der Waals surface area contributed by atoms with Gasteiger partial charge in [-0.2, -0.15) is 0 Å². The van der Waals surface area contributed by atoms with Crippen LogP contribution in [0, 0.1) is 5.92 Å². The summed E-state index contributed by atoms with van der Waals surface area (Å²) in [4.78, 5) is 33.8. The Morgan fingerprint density at radius 1 is 1.15 bits per heavy atom. The quantitative estimate of drug-likeness (QED) is 0.471. The first kappa shape index (κ1) is 23.3. The van der Waals surface area contributed by atoms with Gasteiger partial charge in [0.2, 0.25) is 0 Å². The number of hydrogen-bond acceptors (Lipinski definition) is 6. The molecule has 1 aliphatic heterocycles. The topological polar surface area (TPSA) is 101 Å². The molecule has 1 saturated carbocycles. The molecule has 1 aromatic heterocycles. The van der Waals surface area contributed by atoms with Crippen LogP contribution in [0.5, 0.6) is 0 Å². The molecule has 2 N–H and O–H groups in total. The number of likely N-dealkylation sites (N-methyl/N-ethyl adjacent to an activating group) is 1. The number of anilines is 1. The van der Waals surface area contributed by atoms with Crippen molar-refractivity contribution >= 4 is 17.7 Å². The molecule has 0 bridgehead atoms. The predicted octanol–water partition coefficient (Wildman–Crippen LogP) is 2.65. The Labute approximate surface area is 194 Å². The number of hydrogen-bond donors (Lipinski definition) is 2. The molecule has 176 valence electrons. The maximum absolute atomic E-state index is 13.3. The van der Waals surface area contributed by atoms with Crippen molar-refractivity contribution in [3.05, 3.63) is 54.5 Å². The zero-order valence-electron chi connectivity index (χ0n) is 19.2. The second-order valence-electron chi connectivity index (χ2n) is 9.51. The average Bonchev–Trinajstić information content (AvgIpc) is 3.48. The summed E-state index contributed by atoms with van der Waals surface area (Å²) in [5, 5.41) is 14.4. The maximum atomic E-state index is 13.3. The van der Waals surface area contributed by atoms with Gasteiger partial charge in [0.05, 0.1) is 13.6 Å². The predicted molar refractivity (Wildman–Crippen MR) is 123 cm³/mol. The fourth-order valence-corrected chi connectivity index (χ4v) is 5.37. The molecule has 4 rings (SSSR count). The monoisotopic (exact) mass is 453 g/mol. The number of quaternary nitrogens is 1. The van der Waals surface area contributed by atoms with E-state index in [-0.39, 0.29) is 31.0 Å². The van der Waals surface area contributed by atoms with Gasteiger partial charge in [-0.25, -0.2) is 14.8 Å². The summed E-state index contributed by atoms with van der Waals surface area (Å²) in [6.07, 6.45) is 8.40. The number of ether oxygens (including phenoxy) is 1. The normalized spacial score (nSPS) is 24.8. The third-order valence-corrected chi connectivity index (χ3v) is 7.32. The molecule has 2 fully saturated rings. The molecule has 1 amide bonds. The number of likely N-dealkylation sites (tertiary alicyclic amines) is 1. The molecular weight excluding hydrogens is 420 g/mol. The smallest absolute Gasteiger partial charge is 0.343 e. The van der Waals surface area contributed by atoms with E-state index in [1.807, 2.05) is 25.2 Å². The number of carbonyl (C=O) groups is 2. The van der Waals surface area contributed by atoms with Crippen LogP contribution in [0.15, 0.2) is 48.9 Å². The van der Waals surface area contributed by atoms with Gasteiger partial charge in [0.25, 0.3) is 5.91 Å². The molecule has 2 heterocycles. The Kier molecular flexibility index (Phi) is 7.05. The lowest BCUT2D eigenvalue weighted by Crippen LogP contribution is -2.54. The van der Waals surface area contributed by atoms with E-state index in [1.54, 1.807) is 24.4 Å². The molecule has 0 spiro atoms. The number of esters is 1. The Hall–Kier alpha value is -2.84. The molecule has 1 saturated heterocycles. The Morgan fingerprint density at radius 2 is 1.91 bits per heavy atom. The summed E-state index contributed by atoms with van der Waals surface area (Å²) < 4.78 is 6.28. The minimum absolute atomic E-state index is 0.00583. The molecule has 2 aliphatic rings. The van der Waals surface area contributed by atoms with Crippen molar-refractivity contribution in [2.45, 2.75) is 50.2 Å². The summed E-state index contributed by atoms with van der Waals surface area (Å²) >= 11 is 0. The second-order valence-corrected chi connectivity index (χ2v) is 9.51. The molecule has 0 radical (unpaired) electrons. The van der Waals surface area contributed by atoms with E-state index in [4.69, 9.17) is 4.74 Å². The van der Waals surface area contributed by atoms with Crippen LogP contribution in [0.2, 0.25) is 0 Å². The van der Waals surface area contributed by atoms with Gasteiger partial charge in [0, 0.05) is 25.0 Å². The molecule has 8 heteroatoms. The SMILES string of the molecule is C[N+]1(CC(=O)Nc2ccncn2)CCCC1COC(=O)C(O)(c1ccccc1)C1CCCC1. The molecule has 2 aromatic rings. The molecule has 1 aromatic carbocycles. The number of carbonyl (C=O) groups excluding carboxylic acids is 2. The van der Waals surface area contributed by atoms with Gasteiger partial charge >= 0.3 is 5.97 Å². The summed E-state index contributed by atoms with van der Waals surface area (Å²) in [5.41, 5.74) is -1.04. The van der Waals surface area contributed by atoms with Crippen molar-refractivity contribution in [2.24, 2.45) is 5.92 Å². The lowest BCUT2D eigenvalue weighted by Gasteiger charge is -2.36. The van der Waals surface area contributed by atoms with Crippen molar-refractivity contribution in [1.82, 2.24) is 9.97 Å². The first-order chi connectivity index (χ1) is 15.9. The van der Waals surface area contributed by atoms with Crippen LogP contribution < -0.4 is 5.32 Å². The van der Waals surface area contributed by atoms with E-state index in [2.05, 4.69) is 15.3 Å². The number of benzene rings is 1. The van der Waals surface area contributed by atoms with Gasteiger partial charge < -0.3 is 19.6 Å². The number of rotatable bonds is 8. The van der Waals surface area contributed by atoms with Crippen LogP contribution in [-0.2, 0) is 19.9 Å². The highest BCUT2D eigenvalue weighted by molar-refractivity contribution is 5.90. The largest absolute Gasteiger partial charge is 0.457 e. The third kappa shape index (κ3) is 5.07. The van der Waals surface area contributed by atoms with E-state index in [0.717, 1.165) is 45.1 Å². The highest BCUT2D eigenvalue weighted by atomic mass is 16.6. The molecule has 8 nitrogen and oxygen atoms in total. The van der Waals surface area contributed by atoms with Crippen LogP contribution in [-0.4, -0.2) is 64.2 Å². The standard InChI is InChI=1S/C25H32N4O4/c1-29(16-23(30)28-22-13-14-26-18-27-22)15-7-12-21(29)17-33-24(31)25(32,20-10-5-6-11-20)19-8-3-2-4-9-19/h2-4,8-9,13-14,18,20-21,32H,5-7,10-12,15-17H2,1H3/p+1. The fourth-order valence-electron chi connectivity index (χ4n) is 5.37. The first-order valence-electron chi connectivity index (χ1n) is 11.8. The number of aliphatic hydroxyl groups is 1. The van der Waals surface area contributed by atoms with Gasteiger partial charge in [-0.15, -0.1) is 0 Å². The van der Waals surface area contributed by atoms with Crippen LogP contribution in [0.1, 0.15) is 44.1 Å².